The number of sulfonamides is 1. The Bertz CT molecular complexity index is 1180. The van der Waals surface area contributed by atoms with Crippen molar-refractivity contribution in [3.05, 3.63) is 100 Å². The smallest absolute Gasteiger partial charge is 0.241 e. The van der Waals surface area contributed by atoms with Crippen LogP contribution in [0.3, 0.4) is 0 Å². The Labute approximate surface area is 191 Å². The summed E-state index contributed by atoms with van der Waals surface area (Å²) in [4.78, 5) is 13.2. The summed E-state index contributed by atoms with van der Waals surface area (Å²) in [5.74, 6) is -0.371. The predicted octanol–water partition coefficient (Wildman–Crippen LogP) is 4.59. The molecule has 32 heavy (non-hydrogen) atoms. The molecule has 0 saturated heterocycles. The molecule has 1 atom stereocenters. The van der Waals surface area contributed by atoms with Gasteiger partial charge in [-0.15, -0.1) is 0 Å². The van der Waals surface area contributed by atoms with E-state index in [2.05, 4.69) is 5.32 Å². The zero-order valence-corrected chi connectivity index (χ0v) is 20.0. The number of amides is 1. The van der Waals surface area contributed by atoms with Crippen LogP contribution in [0.5, 0.6) is 0 Å². The van der Waals surface area contributed by atoms with Crippen LogP contribution in [0.25, 0.3) is 0 Å². The van der Waals surface area contributed by atoms with Crippen LogP contribution < -0.4 is 9.62 Å². The standard InChI is InChI=1S/C26H30N2O3S/c1-18-11-13-23(14-12-18)25(22-9-7-6-8-10-22)27-24(29)17-28(32(5,30)31)26-20(3)15-19(2)16-21(26)4/h6-16,25H,17H2,1-5H3,(H,27,29). The lowest BCUT2D eigenvalue weighted by molar-refractivity contribution is -0.120. The highest BCUT2D eigenvalue weighted by molar-refractivity contribution is 7.92. The van der Waals surface area contributed by atoms with Gasteiger partial charge in [-0.1, -0.05) is 77.9 Å². The molecule has 0 aromatic heterocycles. The molecule has 1 unspecified atom stereocenters. The third kappa shape index (κ3) is 5.56. The minimum Gasteiger partial charge on any atom is -0.344 e. The van der Waals surface area contributed by atoms with Gasteiger partial charge in [0.25, 0.3) is 0 Å². The molecule has 0 aliphatic carbocycles. The molecular formula is C26H30N2O3S. The number of rotatable bonds is 7. The highest BCUT2D eigenvalue weighted by Crippen LogP contribution is 2.28. The predicted molar refractivity (Wildman–Crippen MR) is 130 cm³/mol. The first kappa shape index (κ1) is 23.5. The van der Waals surface area contributed by atoms with Gasteiger partial charge in [-0.3, -0.25) is 9.10 Å². The van der Waals surface area contributed by atoms with E-state index in [4.69, 9.17) is 0 Å². The summed E-state index contributed by atoms with van der Waals surface area (Å²) in [5.41, 5.74) is 6.23. The summed E-state index contributed by atoms with van der Waals surface area (Å²) in [6.07, 6.45) is 1.13. The first-order chi connectivity index (χ1) is 15.1. The van der Waals surface area contributed by atoms with Crippen molar-refractivity contribution in [2.75, 3.05) is 17.1 Å². The fourth-order valence-electron chi connectivity index (χ4n) is 4.03. The molecule has 0 saturated carbocycles. The summed E-state index contributed by atoms with van der Waals surface area (Å²) in [6, 6.07) is 21.1. The van der Waals surface area contributed by atoms with Gasteiger partial charge in [0, 0.05) is 0 Å². The van der Waals surface area contributed by atoms with Gasteiger partial charge in [-0.05, 0) is 49.9 Å². The number of benzene rings is 3. The van der Waals surface area contributed by atoms with E-state index in [9.17, 15) is 13.2 Å². The number of hydrogen-bond acceptors (Lipinski definition) is 3. The van der Waals surface area contributed by atoms with E-state index in [-0.39, 0.29) is 18.5 Å². The summed E-state index contributed by atoms with van der Waals surface area (Å²) in [6.45, 7) is 7.41. The molecule has 0 heterocycles. The number of anilines is 1. The molecular weight excluding hydrogens is 420 g/mol. The average molecular weight is 451 g/mol. The van der Waals surface area contributed by atoms with Crippen molar-refractivity contribution in [1.29, 1.82) is 0 Å². The summed E-state index contributed by atoms with van der Waals surface area (Å²) >= 11 is 0. The molecule has 168 valence electrons. The van der Waals surface area contributed by atoms with E-state index in [1.165, 1.54) is 4.31 Å². The Morgan fingerprint density at radius 2 is 1.38 bits per heavy atom. The van der Waals surface area contributed by atoms with Crippen LogP contribution in [-0.4, -0.2) is 27.1 Å². The quantitative estimate of drug-likeness (QED) is 0.572. The minimum atomic E-state index is -3.67. The SMILES string of the molecule is Cc1ccc(C(NC(=O)CN(c2c(C)cc(C)cc2C)S(C)(=O)=O)c2ccccc2)cc1. The molecule has 5 nitrogen and oxygen atoms in total. The highest BCUT2D eigenvalue weighted by atomic mass is 32.2. The number of nitrogens with zero attached hydrogens (tertiary/aromatic N) is 1. The van der Waals surface area contributed by atoms with Crippen molar-refractivity contribution < 1.29 is 13.2 Å². The van der Waals surface area contributed by atoms with E-state index in [0.717, 1.165) is 39.6 Å². The molecule has 0 radical (unpaired) electrons. The van der Waals surface area contributed by atoms with Gasteiger partial charge in [-0.25, -0.2) is 8.42 Å². The maximum Gasteiger partial charge on any atom is 0.241 e. The van der Waals surface area contributed by atoms with Gasteiger partial charge >= 0.3 is 0 Å². The Morgan fingerprint density at radius 1 is 0.844 bits per heavy atom. The maximum atomic E-state index is 13.2. The zero-order chi connectivity index (χ0) is 23.5. The Morgan fingerprint density at radius 3 is 1.91 bits per heavy atom. The molecule has 0 fully saturated rings. The van der Waals surface area contributed by atoms with E-state index in [0.29, 0.717) is 5.69 Å². The Hall–Kier alpha value is -3.12. The number of carbonyl (C=O) groups is 1. The van der Waals surface area contributed by atoms with Gasteiger partial charge in [0.15, 0.2) is 0 Å². The normalized spacial score (nSPS) is 12.3. The van der Waals surface area contributed by atoms with E-state index in [1.807, 2.05) is 94.4 Å². The number of carbonyl (C=O) groups excluding carboxylic acids is 1. The monoisotopic (exact) mass is 450 g/mol. The molecule has 1 N–H and O–H groups in total. The van der Waals surface area contributed by atoms with Crippen LogP contribution >= 0.6 is 0 Å². The highest BCUT2D eigenvalue weighted by Gasteiger charge is 2.26. The van der Waals surface area contributed by atoms with Crippen LogP contribution in [0.15, 0.2) is 66.7 Å². The number of aryl methyl sites for hydroxylation is 4. The van der Waals surface area contributed by atoms with Crippen molar-refractivity contribution in [2.45, 2.75) is 33.7 Å². The fourth-order valence-corrected chi connectivity index (χ4v) is 5.00. The lowest BCUT2D eigenvalue weighted by Crippen LogP contribution is -2.42. The third-order valence-corrected chi connectivity index (χ3v) is 6.53. The van der Waals surface area contributed by atoms with Gasteiger partial charge < -0.3 is 5.32 Å². The second-order valence-electron chi connectivity index (χ2n) is 8.34. The van der Waals surface area contributed by atoms with Gasteiger partial charge in [-0.2, -0.15) is 0 Å². The summed E-state index contributed by atoms with van der Waals surface area (Å²) in [5, 5.41) is 3.05. The second kappa shape index (κ2) is 9.57. The minimum absolute atomic E-state index is 0.293. The molecule has 6 heteroatoms. The van der Waals surface area contributed by atoms with Crippen molar-refractivity contribution in [3.63, 3.8) is 0 Å². The lowest BCUT2D eigenvalue weighted by atomic mass is 9.98. The third-order valence-electron chi connectivity index (χ3n) is 5.42. The number of hydrogen-bond donors (Lipinski definition) is 1. The first-order valence-electron chi connectivity index (χ1n) is 10.5. The van der Waals surface area contributed by atoms with Crippen LogP contribution in [0.4, 0.5) is 5.69 Å². The average Bonchev–Trinajstić information content (AvgIpc) is 2.71. The molecule has 3 rings (SSSR count). The molecule has 3 aromatic rings. The van der Waals surface area contributed by atoms with Crippen molar-refractivity contribution in [3.8, 4) is 0 Å². The fraction of sp³-hybridized carbons (Fsp3) is 0.269. The molecule has 0 bridgehead atoms. The van der Waals surface area contributed by atoms with E-state index < -0.39 is 10.0 Å². The van der Waals surface area contributed by atoms with Crippen LogP contribution in [0.1, 0.15) is 39.4 Å². The molecule has 1 amide bonds. The maximum absolute atomic E-state index is 13.2. The first-order valence-corrected chi connectivity index (χ1v) is 12.4. The van der Waals surface area contributed by atoms with Crippen molar-refractivity contribution in [2.24, 2.45) is 0 Å². The lowest BCUT2D eigenvalue weighted by Gasteiger charge is -2.27. The topological polar surface area (TPSA) is 66.5 Å². The van der Waals surface area contributed by atoms with Crippen LogP contribution in [-0.2, 0) is 14.8 Å². The molecule has 0 spiro atoms. The van der Waals surface area contributed by atoms with Crippen molar-refractivity contribution >= 4 is 21.6 Å². The van der Waals surface area contributed by atoms with Crippen LogP contribution in [0, 0.1) is 27.7 Å². The van der Waals surface area contributed by atoms with Gasteiger partial charge in [0.1, 0.15) is 6.54 Å². The summed E-state index contributed by atoms with van der Waals surface area (Å²) in [7, 11) is -3.67. The Kier molecular flexibility index (Phi) is 7.04. The zero-order valence-electron chi connectivity index (χ0n) is 19.2. The van der Waals surface area contributed by atoms with Gasteiger partial charge in [0.05, 0.1) is 18.0 Å². The summed E-state index contributed by atoms with van der Waals surface area (Å²) < 4.78 is 26.5. The molecule has 3 aromatic carbocycles. The molecule has 0 aliphatic rings. The molecule has 0 aliphatic heterocycles. The van der Waals surface area contributed by atoms with Crippen molar-refractivity contribution in [1.82, 2.24) is 5.32 Å². The van der Waals surface area contributed by atoms with Gasteiger partial charge in [0.2, 0.25) is 15.9 Å². The van der Waals surface area contributed by atoms with E-state index >= 15 is 0 Å². The number of nitrogens with one attached hydrogen (secondary N) is 1. The second-order valence-corrected chi connectivity index (χ2v) is 10.2. The Balaban J connectivity index is 1.94. The van der Waals surface area contributed by atoms with E-state index in [1.54, 1.807) is 0 Å². The van der Waals surface area contributed by atoms with Crippen LogP contribution in [0.2, 0.25) is 0 Å². The largest absolute Gasteiger partial charge is 0.344 e.